The lowest BCUT2D eigenvalue weighted by Gasteiger charge is -2.30. The number of aliphatic hydroxyl groups is 1. The molecule has 102 valence electrons. The van der Waals surface area contributed by atoms with Crippen molar-refractivity contribution in [1.82, 2.24) is 0 Å². The summed E-state index contributed by atoms with van der Waals surface area (Å²) in [5.41, 5.74) is 2.88. The van der Waals surface area contributed by atoms with Crippen LogP contribution in [0.15, 0.2) is 67.3 Å². The largest absolute Gasteiger partial charge is 0.385 e. The zero-order valence-corrected chi connectivity index (χ0v) is 11.6. The van der Waals surface area contributed by atoms with E-state index < -0.39 is 5.60 Å². The number of fused-ring (bicyclic) bond motifs is 1. The number of hydrogen-bond acceptors (Lipinski definition) is 1. The minimum absolute atomic E-state index is 0.222. The van der Waals surface area contributed by atoms with Crippen LogP contribution in [0.4, 0.5) is 0 Å². The van der Waals surface area contributed by atoms with E-state index in [0.29, 0.717) is 6.42 Å². The van der Waals surface area contributed by atoms with Crippen molar-refractivity contribution < 1.29 is 5.11 Å². The topological polar surface area (TPSA) is 20.2 Å². The second-order valence-electron chi connectivity index (χ2n) is 5.66. The Morgan fingerprint density at radius 2 is 1.80 bits per heavy atom. The number of hydrogen-bond donors (Lipinski definition) is 1. The van der Waals surface area contributed by atoms with Gasteiger partial charge in [0.15, 0.2) is 0 Å². The molecule has 1 aliphatic rings. The van der Waals surface area contributed by atoms with Gasteiger partial charge >= 0.3 is 0 Å². The summed E-state index contributed by atoms with van der Waals surface area (Å²) in [6.07, 6.45) is 4.29. The Morgan fingerprint density at radius 1 is 1.10 bits per heavy atom. The van der Waals surface area contributed by atoms with Gasteiger partial charge in [-0.3, -0.25) is 0 Å². The van der Waals surface area contributed by atoms with Gasteiger partial charge in [-0.1, -0.05) is 60.7 Å². The first-order valence-corrected chi connectivity index (χ1v) is 7.19. The summed E-state index contributed by atoms with van der Waals surface area (Å²) in [7, 11) is 0. The fourth-order valence-corrected chi connectivity index (χ4v) is 3.41. The lowest BCUT2D eigenvalue weighted by Crippen LogP contribution is -2.32. The average Bonchev–Trinajstić information content (AvgIpc) is 2.74. The van der Waals surface area contributed by atoms with Crippen LogP contribution in [-0.2, 0) is 18.4 Å². The molecule has 1 aliphatic carbocycles. The molecular weight excluding hydrogens is 244 g/mol. The van der Waals surface area contributed by atoms with Gasteiger partial charge in [0.25, 0.3) is 0 Å². The zero-order chi connectivity index (χ0) is 14.0. The van der Waals surface area contributed by atoms with Gasteiger partial charge in [0, 0.05) is 5.92 Å². The molecule has 0 spiro atoms. The highest BCUT2D eigenvalue weighted by Crippen LogP contribution is 2.45. The molecule has 3 rings (SSSR count). The Kier molecular flexibility index (Phi) is 3.45. The van der Waals surface area contributed by atoms with Crippen LogP contribution in [0, 0.1) is 5.92 Å². The summed E-state index contributed by atoms with van der Waals surface area (Å²) < 4.78 is 0. The average molecular weight is 264 g/mol. The van der Waals surface area contributed by atoms with Crippen molar-refractivity contribution in [2.75, 3.05) is 0 Å². The Morgan fingerprint density at radius 3 is 2.55 bits per heavy atom. The molecule has 2 atom stereocenters. The van der Waals surface area contributed by atoms with E-state index >= 15 is 0 Å². The first-order chi connectivity index (χ1) is 9.74. The van der Waals surface area contributed by atoms with Gasteiger partial charge in [0.05, 0.1) is 5.60 Å². The Balaban J connectivity index is 1.94. The minimum atomic E-state index is -0.770. The number of benzene rings is 2. The molecule has 2 aromatic carbocycles. The maximum atomic E-state index is 11.2. The maximum Gasteiger partial charge on any atom is 0.0967 e. The van der Waals surface area contributed by atoms with Crippen LogP contribution in [0.25, 0.3) is 0 Å². The third-order valence-corrected chi connectivity index (χ3v) is 4.41. The second kappa shape index (κ2) is 5.26. The minimum Gasteiger partial charge on any atom is -0.385 e. The van der Waals surface area contributed by atoms with Gasteiger partial charge in [0.1, 0.15) is 0 Å². The summed E-state index contributed by atoms with van der Waals surface area (Å²) in [6.45, 7) is 3.82. The molecule has 0 fully saturated rings. The van der Waals surface area contributed by atoms with E-state index in [4.69, 9.17) is 0 Å². The van der Waals surface area contributed by atoms with Gasteiger partial charge in [0.2, 0.25) is 0 Å². The van der Waals surface area contributed by atoms with Crippen molar-refractivity contribution in [2.45, 2.75) is 24.9 Å². The summed E-state index contributed by atoms with van der Waals surface area (Å²) in [5, 5.41) is 11.2. The zero-order valence-electron chi connectivity index (χ0n) is 11.6. The molecule has 0 aromatic heterocycles. The fraction of sp³-hybridized carbons (Fsp3) is 0.263. The van der Waals surface area contributed by atoms with Gasteiger partial charge in [-0.2, -0.15) is 0 Å². The smallest absolute Gasteiger partial charge is 0.0967 e. The highest BCUT2D eigenvalue weighted by Gasteiger charge is 2.43. The molecule has 0 heterocycles. The highest BCUT2D eigenvalue weighted by molar-refractivity contribution is 5.40. The monoisotopic (exact) mass is 264 g/mol. The molecule has 1 nitrogen and oxygen atoms in total. The summed E-state index contributed by atoms with van der Waals surface area (Å²) >= 11 is 0. The van der Waals surface area contributed by atoms with Crippen molar-refractivity contribution in [2.24, 2.45) is 5.92 Å². The van der Waals surface area contributed by atoms with E-state index in [-0.39, 0.29) is 5.92 Å². The van der Waals surface area contributed by atoms with Gasteiger partial charge < -0.3 is 5.11 Å². The lowest BCUT2D eigenvalue weighted by atomic mass is 9.81. The summed E-state index contributed by atoms with van der Waals surface area (Å²) in [5.74, 6) is 0.222. The van der Waals surface area contributed by atoms with Crippen LogP contribution >= 0.6 is 0 Å². The van der Waals surface area contributed by atoms with Crippen LogP contribution in [0.1, 0.15) is 23.1 Å². The van der Waals surface area contributed by atoms with Crippen LogP contribution in [0.2, 0.25) is 0 Å². The van der Waals surface area contributed by atoms with Crippen LogP contribution in [0.3, 0.4) is 0 Å². The third kappa shape index (κ3) is 2.19. The molecule has 0 saturated heterocycles. The fourth-order valence-electron chi connectivity index (χ4n) is 3.41. The van der Waals surface area contributed by atoms with Gasteiger partial charge in [-0.05, 0) is 36.0 Å². The Hall–Kier alpha value is -1.86. The van der Waals surface area contributed by atoms with Crippen molar-refractivity contribution in [3.8, 4) is 0 Å². The summed E-state index contributed by atoms with van der Waals surface area (Å²) in [4.78, 5) is 0. The molecule has 20 heavy (non-hydrogen) atoms. The molecule has 2 aromatic rings. The van der Waals surface area contributed by atoms with Crippen molar-refractivity contribution in [3.05, 3.63) is 83.9 Å². The molecule has 2 unspecified atom stereocenters. The standard InChI is InChI=1S/C19H20O/c1-2-12-19(20)17(13-15-8-4-3-5-9-15)14-16-10-6-7-11-18(16)19/h2-11,17,20H,1,12-14H2. The molecule has 0 amide bonds. The van der Waals surface area contributed by atoms with E-state index in [1.165, 1.54) is 11.1 Å². The maximum absolute atomic E-state index is 11.2. The normalized spacial score (nSPS) is 24.4. The quantitative estimate of drug-likeness (QED) is 0.831. The van der Waals surface area contributed by atoms with Crippen molar-refractivity contribution in [3.63, 3.8) is 0 Å². The summed E-state index contributed by atoms with van der Waals surface area (Å²) in [6, 6.07) is 18.7. The molecule has 1 heteroatoms. The van der Waals surface area contributed by atoms with E-state index in [9.17, 15) is 5.11 Å². The van der Waals surface area contributed by atoms with Crippen LogP contribution in [0.5, 0.6) is 0 Å². The molecule has 0 radical (unpaired) electrons. The van der Waals surface area contributed by atoms with E-state index in [0.717, 1.165) is 18.4 Å². The predicted molar refractivity (Wildman–Crippen MR) is 82.5 cm³/mol. The van der Waals surface area contributed by atoms with E-state index in [1.807, 2.05) is 18.2 Å². The molecular formula is C19H20O. The highest BCUT2D eigenvalue weighted by atomic mass is 16.3. The Labute approximate surface area is 120 Å². The third-order valence-electron chi connectivity index (χ3n) is 4.41. The first-order valence-electron chi connectivity index (χ1n) is 7.19. The lowest BCUT2D eigenvalue weighted by molar-refractivity contribution is -0.00845. The Bertz CT molecular complexity index is 602. The molecule has 0 aliphatic heterocycles. The molecule has 1 N–H and O–H groups in total. The SMILES string of the molecule is C=CCC1(O)c2ccccc2CC1Cc1ccccc1. The number of rotatable bonds is 4. The molecule has 0 saturated carbocycles. The van der Waals surface area contributed by atoms with Crippen molar-refractivity contribution >= 4 is 0 Å². The van der Waals surface area contributed by atoms with Crippen LogP contribution in [-0.4, -0.2) is 5.11 Å². The first kappa shape index (κ1) is 13.1. The van der Waals surface area contributed by atoms with Crippen LogP contribution < -0.4 is 0 Å². The van der Waals surface area contributed by atoms with Crippen molar-refractivity contribution in [1.29, 1.82) is 0 Å². The van der Waals surface area contributed by atoms with E-state index in [2.05, 4.69) is 49.0 Å². The molecule has 0 bridgehead atoms. The predicted octanol–water partition coefficient (Wildman–Crippen LogP) is 3.87. The second-order valence-corrected chi connectivity index (χ2v) is 5.66. The van der Waals surface area contributed by atoms with Gasteiger partial charge in [-0.25, -0.2) is 0 Å². The van der Waals surface area contributed by atoms with Gasteiger partial charge in [-0.15, -0.1) is 6.58 Å². The van der Waals surface area contributed by atoms with E-state index in [1.54, 1.807) is 0 Å².